The Morgan fingerprint density at radius 1 is 1.18 bits per heavy atom. The summed E-state index contributed by atoms with van der Waals surface area (Å²) in [6.07, 6.45) is 5.55. The summed E-state index contributed by atoms with van der Waals surface area (Å²) in [6.45, 7) is 7.07. The number of carbonyl (C=O) groups excluding carboxylic acids is 1. The molecule has 2 unspecified atom stereocenters. The van der Waals surface area contributed by atoms with Crippen molar-refractivity contribution in [2.75, 3.05) is 31.9 Å². The zero-order valence-electron chi connectivity index (χ0n) is 19.5. The maximum Gasteiger partial charge on any atom is 0.257 e. The molecule has 0 radical (unpaired) electrons. The third-order valence-corrected chi connectivity index (χ3v) is 8.35. The predicted octanol–water partition coefficient (Wildman–Crippen LogP) is 3.49. The molecule has 2 aromatic rings. The van der Waals surface area contributed by atoms with Crippen LogP contribution >= 0.6 is 0 Å². The van der Waals surface area contributed by atoms with E-state index in [2.05, 4.69) is 34.5 Å². The lowest BCUT2D eigenvalue weighted by molar-refractivity contribution is 0.0124. The zero-order valence-corrected chi connectivity index (χ0v) is 19.5. The van der Waals surface area contributed by atoms with Gasteiger partial charge in [0.2, 0.25) is 0 Å². The number of aromatic nitrogens is 3. The SMILES string of the molecule is CC(C)n1nc(-c2cnc(N)c(C(=O)N3CCCC3)c2)cc1[C@H]1C2C[C@@H]1CC2N1CC(F)C1. The Morgan fingerprint density at radius 2 is 1.94 bits per heavy atom. The first-order valence-corrected chi connectivity index (χ1v) is 12.4. The smallest absolute Gasteiger partial charge is 0.257 e. The van der Waals surface area contributed by atoms with Gasteiger partial charge in [0.1, 0.15) is 12.0 Å². The number of anilines is 1. The van der Waals surface area contributed by atoms with Crippen molar-refractivity contribution in [1.29, 1.82) is 0 Å². The number of likely N-dealkylation sites (tertiary alicyclic amines) is 2. The van der Waals surface area contributed by atoms with E-state index in [1.165, 1.54) is 18.5 Å². The molecule has 0 spiro atoms. The van der Waals surface area contributed by atoms with Gasteiger partial charge in [-0.05, 0) is 63.5 Å². The number of alkyl halides is 1. The molecule has 176 valence electrons. The number of carbonyl (C=O) groups is 1. The van der Waals surface area contributed by atoms with Crippen LogP contribution in [-0.4, -0.2) is 68.9 Å². The van der Waals surface area contributed by atoms with E-state index in [4.69, 9.17) is 10.8 Å². The second-order valence-corrected chi connectivity index (χ2v) is 10.7. The number of hydrogen-bond acceptors (Lipinski definition) is 5. The average molecular weight is 453 g/mol. The van der Waals surface area contributed by atoms with Crippen molar-refractivity contribution < 1.29 is 9.18 Å². The Balaban J connectivity index is 1.30. The molecule has 2 aromatic heterocycles. The van der Waals surface area contributed by atoms with E-state index < -0.39 is 6.17 Å². The summed E-state index contributed by atoms with van der Waals surface area (Å²) in [5.74, 6) is 1.95. The van der Waals surface area contributed by atoms with Crippen molar-refractivity contribution in [3.05, 3.63) is 29.6 Å². The minimum atomic E-state index is -0.649. The second-order valence-electron chi connectivity index (χ2n) is 10.7. The first-order valence-electron chi connectivity index (χ1n) is 12.4. The Kier molecular flexibility index (Phi) is 4.98. The number of nitrogens with two attached hydrogens (primary N) is 1. The van der Waals surface area contributed by atoms with Crippen LogP contribution in [-0.2, 0) is 0 Å². The minimum Gasteiger partial charge on any atom is -0.383 e. The van der Waals surface area contributed by atoms with Crippen molar-refractivity contribution in [3.8, 4) is 11.3 Å². The molecule has 2 aliphatic heterocycles. The van der Waals surface area contributed by atoms with Crippen LogP contribution in [0.25, 0.3) is 11.3 Å². The summed E-state index contributed by atoms with van der Waals surface area (Å²) < 4.78 is 15.6. The van der Waals surface area contributed by atoms with E-state index in [1.807, 2.05) is 11.0 Å². The van der Waals surface area contributed by atoms with Gasteiger partial charge in [-0.1, -0.05) is 0 Å². The van der Waals surface area contributed by atoms with E-state index >= 15 is 0 Å². The fourth-order valence-corrected chi connectivity index (χ4v) is 6.62. The highest BCUT2D eigenvalue weighted by atomic mass is 19.1. The van der Waals surface area contributed by atoms with E-state index in [0.717, 1.165) is 37.2 Å². The molecule has 2 bridgehead atoms. The molecule has 3 aliphatic carbocycles. The van der Waals surface area contributed by atoms with Gasteiger partial charge in [-0.25, -0.2) is 9.37 Å². The Labute approximate surface area is 194 Å². The Bertz CT molecular complexity index is 1070. The van der Waals surface area contributed by atoms with E-state index in [0.29, 0.717) is 42.4 Å². The van der Waals surface area contributed by atoms with Gasteiger partial charge >= 0.3 is 0 Å². The lowest BCUT2D eigenvalue weighted by Crippen LogP contribution is -2.54. The number of fused-ring (bicyclic) bond motifs is 1. The van der Waals surface area contributed by atoms with Crippen molar-refractivity contribution in [3.63, 3.8) is 0 Å². The molecule has 7 rings (SSSR count). The van der Waals surface area contributed by atoms with E-state index in [9.17, 15) is 9.18 Å². The van der Waals surface area contributed by atoms with Crippen LogP contribution in [0.2, 0.25) is 0 Å². The van der Waals surface area contributed by atoms with Crippen LogP contribution in [0.1, 0.15) is 67.5 Å². The van der Waals surface area contributed by atoms with Gasteiger partial charge in [0.25, 0.3) is 5.91 Å². The zero-order chi connectivity index (χ0) is 22.9. The van der Waals surface area contributed by atoms with Crippen LogP contribution in [0.4, 0.5) is 10.2 Å². The topological polar surface area (TPSA) is 80.3 Å². The van der Waals surface area contributed by atoms with Crippen LogP contribution < -0.4 is 5.73 Å². The molecule has 0 aromatic carbocycles. The van der Waals surface area contributed by atoms with E-state index in [1.54, 1.807) is 6.20 Å². The summed E-state index contributed by atoms with van der Waals surface area (Å²) >= 11 is 0. The number of halogens is 1. The Morgan fingerprint density at radius 3 is 2.64 bits per heavy atom. The van der Waals surface area contributed by atoms with Crippen molar-refractivity contribution in [1.82, 2.24) is 24.6 Å². The van der Waals surface area contributed by atoms with Gasteiger partial charge in [0.15, 0.2) is 0 Å². The summed E-state index contributed by atoms with van der Waals surface area (Å²) in [5.41, 5.74) is 9.51. The van der Waals surface area contributed by atoms with Crippen molar-refractivity contribution in [2.24, 2.45) is 11.8 Å². The van der Waals surface area contributed by atoms with Crippen LogP contribution in [0.15, 0.2) is 18.3 Å². The lowest BCUT2D eigenvalue weighted by Gasteiger charge is -2.44. The molecule has 4 atom stereocenters. The van der Waals surface area contributed by atoms with E-state index in [-0.39, 0.29) is 17.8 Å². The normalized spacial score (nSPS) is 29.5. The molecule has 8 heteroatoms. The number of pyridine rings is 1. The molecule has 2 saturated heterocycles. The standard InChI is InChI=1S/C25H33FN6O/c1-14(2)32-22(23-15-7-18(23)21(9-15)31-12-17(26)13-31)10-20(29-32)16-8-19(24(27)28-11-16)25(33)30-5-3-4-6-30/h8,10-11,14-15,17-18,21,23H,3-7,9,12-13H2,1-2H3,(H2,27,28)/t15-,18?,21?,23-/m1/s1. The molecule has 3 saturated carbocycles. The highest BCUT2D eigenvalue weighted by Gasteiger charge is 2.57. The van der Waals surface area contributed by atoms with Gasteiger partial charge < -0.3 is 10.6 Å². The first-order chi connectivity index (χ1) is 15.9. The van der Waals surface area contributed by atoms with Crippen LogP contribution in [0.5, 0.6) is 0 Å². The van der Waals surface area contributed by atoms with Crippen LogP contribution in [0.3, 0.4) is 0 Å². The van der Waals surface area contributed by atoms with Gasteiger partial charge in [0.05, 0.1) is 11.3 Å². The number of rotatable bonds is 5. The summed E-state index contributed by atoms with van der Waals surface area (Å²) in [6, 6.07) is 4.80. The monoisotopic (exact) mass is 452 g/mol. The third kappa shape index (κ3) is 3.36. The second kappa shape index (κ2) is 7.79. The highest BCUT2D eigenvalue weighted by molar-refractivity contribution is 5.99. The van der Waals surface area contributed by atoms with Gasteiger partial charge in [-0.3, -0.25) is 14.4 Å². The largest absolute Gasteiger partial charge is 0.383 e. The molecule has 2 N–H and O–H groups in total. The predicted molar refractivity (Wildman–Crippen MR) is 125 cm³/mol. The molecule has 5 fully saturated rings. The quantitative estimate of drug-likeness (QED) is 0.751. The lowest BCUT2D eigenvalue weighted by atomic mass is 9.69. The number of nitrogens with zero attached hydrogens (tertiary/aromatic N) is 5. The third-order valence-electron chi connectivity index (χ3n) is 8.35. The molecule has 7 nitrogen and oxygen atoms in total. The molecule has 4 heterocycles. The number of nitrogen functional groups attached to an aromatic ring is 1. The molecular weight excluding hydrogens is 419 g/mol. The molecule has 5 aliphatic rings. The van der Waals surface area contributed by atoms with Crippen LogP contribution in [0, 0.1) is 11.8 Å². The fraction of sp³-hybridized carbons (Fsp3) is 0.640. The molecular formula is C25H33FN6O. The highest BCUT2D eigenvalue weighted by Crippen LogP contribution is 2.61. The van der Waals surface area contributed by atoms with Gasteiger partial charge in [-0.15, -0.1) is 0 Å². The summed E-state index contributed by atoms with van der Waals surface area (Å²) in [5, 5.41) is 4.96. The van der Waals surface area contributed by atoms with Crippen molar-refractivity contribution >= 4 is 11.7 Å². The van der Waals surface area contributed by atoms with Gasteiger partial charge in [-0.2, -0.15) is 5.10 Å². The maximum absolute atomic E-state index is 13.5. The number of amides is 1. The first kappa shape index (κ1) is 21.1. The maximum atomic E-state index is 13.5. The fourth-order valence-electron chi connectivity index (χ4n) is 6.62. The minimum absolute atomic E-state index is 0.0385. The number of hydrogen-bond donors (Lipinski definition) is 1. The van der Waals surface area contributed by atoms with Crippen molar-refractivity contribution in [2.45, 2.75) is 63.7 Å². The summed E-state index contributed by atoms with van der Waals surface area (Å²) in [4.78, 5) is 21.5. The molecule has 33 heavy (non-hydrogen) atoms. The average Bonchev–Trinajstić information content (AvgIpc) is 3.54. The Hall–Kier alpha value is -2.48. The summed E-state index contributed by atoms with van der Waals surface area (Å²) in [7, 11) is 0. The van der Waals surface area contributed by atoms with Gasteiger partial charge in [0, 0.05) is 61.6 Å². The molecule has 1 amide bonds.